The Kier molecular flexibility index (Phi) is 3.62. The normalized spacial score (nSPS) is 12.6. The molecule has 0 radical (unpaired) electrons. The first-order valence-electron chi connectivity index (χ1n) is 5.88. The molecule has 1 unspecified atom stereocenters. The first-order chi connectivity index (χ1) is 8.65. The standard InChI is InChI=1S/C13H17N3O2/c1-4-11(17-3)12-15-13(18-16-12)9-7-8(2)5-6-10(9)14/h5-7,11H,4,14H2,1-3H3. The lowest BCUT2D eigenvalue weighted by molar-refractivity contribution is 0.0903. The number of nitrogens with two attached hydrogens (primary N) is 1. The van der Waals surface area contributed by atoms with Gasteiger partial charge in [-0.2, -0.15) is 4.98 Å². The summed E-state index contributed by atoms with van der Waals surface area (Å²) in [6, 6.07) is 5.71. The first kappa shape index (κ1) is 12.6. The van der Waals surface area contributed by atoms with Crippen molar-refractivity contribution in [1.82, 2.24) is 10.1 Å². The van der Waals surface area contributed by atoms with E-state index in [2.05, 4.69) is 10.1 Å². The summed E-state index contributed by atoms with van der Waals surface area (Å²) >= 11 is 0. The number of hydrogen-bond acceptors (Lipinski definition) is 5. The van der Waals surface area contributed by atoms with Gasteiger partial charge < -0.3 is 15.0 Å². The van der Waals surface area contributed by atoms with Crippen molar-refractivity contribution in [3.8, 4) is 11.5 Å². The molecule has 0 saturated carbocycles. The monoisotopic (exact) mass is 247 g/mol. The van der Waals surface area contributed by atoms with E-state index >= 15 is 0 Å². The summed E-state index contributed by atoms with van der Waals surface area (Å²) in [6.07, 6.45) is 0.646. The Morgan fingerprint density at radius 2 is 2.22 bits per heavy atom. The lowest BCUT2D eigenvalue weighted by atomic mass is 10.1. The van der Waals surface area contributed by atoms with Gasteiger partial charge in [0, 0.05) is 12.8 Å². The zero-order valence-corrected chi connectivity index (χ0v) is 10.8. The first-order valence-corrected chi connectivity index (χ1v) is 5.88. The number of ether oxygens (including phenoxy) is 1. The summed E-state index contributed by atoms with van der Waals surface area (Å²) in [5.41, 5.74) is 8.40. The Bertz CT molecular complexity index is 533. The maximum Gasteiger partial charge on any atom is 0.260 e. The van der Waals surface area contributed by atoms with Crippen LogP contribution in [0.3, 0.4) is 0 Å². The van der Waals surface area contributed by atoms with E-state index in [1.54, 1.807) is 7.11 Å². The summed E-state index contributed by atoms with van der Waals surface area (Å²) in [5, 5.41) is 3.94. The van der Waals surface area contributed by atoms with Gasteiger partial charge in [0.2, 0.25) is 5.82 Å². The molecule has 1 atom stereocenters. The molecule has 1 aromatic carbocycles. The predicted molar refractivity (Wildman–Crippen MR) is 68.9 cm³/mol. The zero-order valence-electron chi connectivity index (χ0n) is 10.8. The van der Waals surface area contributed by atoms with Crippen LogP contribution in [0.5, 0.6) is 0 Å². The highest BCUT2D eigenvalue weighted by atomic mass is 16.5. The lowest BCUT2D eigenvalue weighted by Crippen LogP contribution is -2.01. The van der Waals surface area contributed by atoms with Crippen LogP contribution in [0.1, 0.15) is 30.8 Å². The van der Waals surface area contributed by atoms with Crippen molar-refractivity contribution in [1.29, 1.82) is 0 Å². The Morgan fingerprint density at radius 1 is 1.44 bits per heavy atom. The van der Waals surface area contributed by atoms with Gasteiger partial charge in [0.25, 0.3) is 5.89 Å². The van der Waals surface area contributed by atoms with Crippen LogP contribution in [0, 0.1) is 6.92 Å². The molecule has 18 heavy (non-hydrogen) atoms. The molecule has 0 aliphatic heterocycles. The van der Waals surface area contributed by atoms with Gasteiger partial charge in [-0.05, 0) is 25.5 Å². The quantitative estimate of drug-likeness (QED) is 0.841. The van der Waals surface area contributed by atoms with Gasteiger partial charge in [0.15, 0.2) is 0 Å². The van der Waals surface area contributed by atoms with Crippen LogP contribution in [0.2, 0.25) is 0 Å². The Morgan fingerprint density at radius 3 is 2.89 bits per heavy atom. The van der Waals surface area contributed by atoms with Crippen LogP contribution < -0.4 is 5.73 Å². The van der Waals surface area contributed by atoms with Crippen molar-refractivity contribution in [3.63, 3.8) is 0 Å². The number of rotatable bonds is 4. The molecule has 0 aliphatic carbocycles. The molecule has 2 rings (SSSR count). The van der Waals surface area contributed by atoms with Gasteiger partial charge in [0.1, 0.15) is 6.10 Å². The van der Waals surface area contributed by atoms with E-state index in [9.17, 15) is 0 Å². The predicted octanol–water partition coefficient (Wildman–Crippen LogP) is 2.72. The molecule has 2 aromatic rings. The number of nitrogens with zero attached hydrogens (tertiary/aromatic N) is 2. The number of nitrogen functional groups attached to an aromatic ring is 1. The van der Waals surface area contributed by atoms with Gasteiger partial charge in [0.05, 0.1) is 5.56 Å². The van der Waals surface area contributed by atoms with E-state index in [0.29, 0.717) is 17.4 Å². The summed E-state index contributed by atoms with van der Waals surface area (Å²) < 4.78 is 10.5. The highest BCUT2D eigenvalue weighted by Crippen LogP contribution is 2.27. The molecule has 0 amide bonds. The molecule has 5 nitrogen and oxygen atoms in total. The number of benzene rings is 1. The maximum absolute atomic E-state index is 5.91. The van der Waals surface area contributed by atoms with Crippen molar-refractivity contribution >= 4 is 5.69 Å². The fourth-order valence-corrected chi connectivity index (χ4v) is 1.79. The largest absolute Gasteiger partial charge is 0.398 e. The lowest BCUT2D eigenvalue weighted by Gasteiger charge is -2.06. The van der Waals surface area contributed by atoms with E-state index < -0.39 is 0 Å². The molecule has 0 fully saturated rings. The molecule has 5 heteroatoms. The minimum atomic E-state index is -0.145. The van der Waals surface area contributed by atoms with E-state index in [1.165, 1.54) is 0 Å². The Hall–Kier alpha value is -1.88. The van der Waals surface area contributed by atoms with Gasteiger partial charge >= 0.3 is 0 Å². The number of aryl methyl sites for hydroxylation is 1. The number of hydrogen-bond donors (Lipinski definition) is 1. The summed E-state index contributed by atoms with van der Waals surface area (Å²) in [7, 11) is 1.63. The number of methoxy groups -OCH3 is 1. The van der Waals surface area contributed by atoms with E-state index in [4.69, 9.17) is 15.0 Å². The molecule has 96 valence electrons. The summed E-state index contributed by atoms with van der Waals surface area (Å²) in [6.45, 7) is 4.00. The zero-order chi connectivity index (χ0) is 13.1. The van der Waals surface area contributed by atoms with Crippen molar-refractivity contribution < 1.29 is 9.26 Å². The van der Waals surface area contributed by atoms with E-state index in [-0.39, 0.29) is 6.10 Å². The fraction of sp³-hybridized carbons (Fsp3) is 0.385. The van der Waals surface area contributed by atoms with Crippen LogP contribution in [0.25, 0.3) is 11.5 Å². The second kappa shape index (κ2) is 5.18. The van der Waals surface area contributed by atoms with Crippen molar-refractivity contribution in [3.05, 3.63) is 29.6 Å². The van der Waals surface area contributed by atoms with Crippen molar-refractivity contribution in [2.75, 3.05) is 12.8 Å². The minimum absolute atomic E-state index is 0.145. The van der Waals surface area contributed by atoms with Gasteiger partial charge in [-0.1, -0.05) is 23.7 Å². The highest BCUT2D eigenvalue weighted by Gasteiger charge is 2.18. The summed E-state index contributed by atoms with van der Waals surface area (Å²) in [5.74, 6) is 0.984. The third-order valence-electron chi connectivity index (χ3n) is 2.82. The van der Waals surface area contributed by atoms with Crippen LogP contribution in [0.4, 0.5) is 5.69 Å². The molecule has 1 heterocycles. The fourth-order valence-electron chi connectivity index (χ4n) is 1.79. The number of aromatic nitrogens is 2. The van der Waals surface area contributed by atoms with Gasteiger partial charge in [-0.3, -0.25) is 0 Å². The van der Waals surface area contributed by atoms with E-state index in [0.717, 1.165) is 17.5 Å². The molecule has 0 spiro atoms. The average molecular weight is 247 g/mol. The maximum atomic E-state index is 5.91. The Labute approximate surface area is 106 Å². The van der Waals surface area contributed by atoms with Gasteiger partial charge in [-0.25, -0.2) is 0 Å². The molecule has 0 saturated heterocycles. The molecular formula is C13H17N3O2. The third kappa shape index (κ3) is 2.36. The van der Waals surface area contributed by atoms with E-state index in [1.807, 2.05) is 32.0 Å². The average Bonchev–Trinajstić information content (AvgIpc) is 2.83. The second-order valence-corrected chi connectivity index (χ2v) is 4.18. The SMILES string of the molecule is CCC(OC)c1noc(-c2cc(C)ccc2N)n1. The van der Waals surface area contributed by atoms with Crippen LogP contribution in [0.15, 0.2) is 22.7 Å². The van der Waals surface area contributed by atoms with Crippen LogP contribution in [-0.2, 0) is 4.74 Å². The van der Waals surface area contributed by atoms with Crippen LogP contribution in [-0.4, -0.2) is 17.3 Å². The van der Waals surface area contributed by atoms with Crippen molar-refractivity contribution in [2.24, 2.45) is 0 Å². The topological polar surface area (TPSA) is 74.2 Å². The number of anilines is 1. The molecule has 0 bridgehead atoms. The molecule has 1 aromatic heterocycles. The minimum Gasteiger partial charge on any atom is -0.398 e. The third-order valence-corrected chi connectivity index (χ3v) is 2.82. The molecule has 0 aliphatic rings. The summed E-state index contributed by atoms with van der Waals surface area (Å²) in [4.78, 5) is 4.34. The van der Waals surface area contributed by atoms with Crippen molar-refractivity contribution in [2.45, 2.75) is 26.4 Å². The Balaban J connectivity index is 2.37. The van der Waals surface area contributed by atoms with Crippen LogP contribution >= 0.6 is 0 Å². The highest BCUT2D eigenvalue weighted by molar-refractivity contribution is 5.70. The smallest absolute Gasteiger partial charge is 0.260 e. The molecule has 2 N–H and O–H groups in total. The molecular weight excluding hydrogens is 230 g/mol. The second-order valence-electron chi connectivity index (χ2n) is 4.18. The van der Waals surface area contributed by atoms with Gasteiger partial charge in [-0.15, -0.1) is 0 Å².